The average Bonchev–Trinajstić information content (AvgIpc) is 2.56. The van der Waals surface area contributed by atoms with Gasteiger partial charge in [0.2, 0.25) is 0 Å². The summed E-state index contributed by atoms with van der Waals surface area (Å²) in [5, 5.41) is 1.70. The van der Waals surface area contributed by atoms with Gasteiger partial charge in [0.05, 0.1) is 11.4 Å². The molecule has 0 saturated heterocycles. The van der Waals surface area contributed by atoms with Crippen LogP contribution in [0.15, 0.2) is 78.9 Å². The topological polar surface area (TPSA) is 29.3 Å². The number of nitrogens with two attached hydrogens (primary N) is 1. The van der Waals surface area contributed by atoms with Gasteiger partial charge in [-0.1, -0.05) is 60.2 Å². The molecule has 2 nitrogen and oxygen atoms in total. The van der Waals surface area contributed by atoms with Crippen molar-refractivity contribution in [2.75, 3.05) is 5.01 Å². The summed E-state index contributed by atoms with van der Waals surface area (Å²) in [5.74, 6) is 6.19. The smallest absolute Gasteiger partial charge is 0.0575 e. The zero-order valence-corrected chi connectivity index (χ0v) is 12.0. The van der Waals surface area contributed by atoms with Crippen molar-refractivity contribution in [1.29, 1.82) is 0 Å². The summed E-state index contributed by atoms with van der Waals surface area (Å²) in [6.07, 6.45) is 0. The van der Waals surface area contributed by atoms with Gasteiger partial charge in [0.15, 0.2) is 0 Å². The molecule has 0 heterocycles. The standard InChI is InChI=1S/C19H18N2/c1-15-7-11-18(12-8-15)21(20)19-13-9-17(10-14-19)16-5-3-2-4-6-16/h2-14H,20H2,1H3. The number of hydrazine groups is 1. The second kappa shape index (κ2) is 5.81. The van der Waals surface area contributed by atoms with Crippen molar-refractivity contribution in [2.24, 2.45) is 5.84 Å². The molecule has 0 unspecified atom stereocenters. The lowest BCUT2D eigenvalue weighted by atomic mass is 10.1. The predicted molar refractivity (Wildman–Crippen MR) is 89.4 cm³/mol. The minimum absolute atomic E-state index is 0.971. The molecule has 0 fully saturated rings. The molecular formula is C19H18N2. The van der Waals surface area contributed by atoms with Gasteiger partial charge in [-0.2, -0.15) is 0 Å². The fraction of sp³-hybridized carbons (Fsp3) is 0.0526. The van der Waals surface area contributed by atoms with Crippen LogP contribution in [0.2, 0.25) is 0 Å². The molecular weight excluding hydrogens is 256 g/mol. The first kappa shape index (κ1) is 13.4. The highest BCUT2D eigenvalue weighted by atomic mass is 15.4. The Labute approximate surface area is 125 Å². The third kappa shape index (κ3) is 2.96. The SMILES string of the molecule is Cc1ccc(N(N)c2ccc(-c3ccccc3)cc2)cc1. The molecule has 0 aliphatic rings. The van der Waals surface area contributed by atoms with Crippen LogP contribution >= 0.6 is 0 Å². The lowest BCUT2D eigenvalue weighted by molar-refractivity contribution is 1.09. The summed E-state index contributed by atoms with van der Waals surface area (Å²) in [7, 11) is 0. The minimum atomic E-state index is 0.971. The van der Waals surface area contributed by atoms with Crippen molar-refractivity contribution in [3.05, 3.63) is 84.4 Å². The second-order valence-corrected chi connectivity index (χ2v) is 5.12. The van der Waals surface area contributed by atoms with Crippen molar-refractivity contribution in [3.8, 4) is 11.1 Å². The van der Waals surface area contributed by atoms with Crippen molar-refractivity contribution < 1.29 is 0 Å². The minimum Gasteiger partial charge on any atom is -0.280 e. The molecule has 3 aromatic rings. The fourth-order valence-corrected chi connectivity index (χ4v) is 2.30. The molecule has 0 atom stereocenters. The Kier molecular flexibility index (Phi) is 3.71. The first-order valence-corrected chi connectivity index (χ1v) is 7.01. The molecule has 0 saturated carbocycles. The molecule has 0 amide bonds. The molecule has 2 N–H and O–H groups in total. The third-order valence-corrected chi connectivity index (χ3v) is 3.56. The van der Waals surface area contributed by atoms with E-state index >= 15 is 0 Å². The van der Waals surface area contributed by atoms with E-state index in [1.807, 2.05) is 42.5 Å². The van der Waals surface area contributed by atoms with E-state index in [1.165, 1.54) is 16.7 Å². The zero-order chi connectivity index (χ0) is 14.7. The Hall–Kier alpha value is -2.58. The van der Waals surface area contributed by atoms with Crippen LogP contribution in [0, 0.1) is 6.92 Å². The summed E-state index contributed by atoms with van der Waals surface area (Å²) >= 11 is 0. The number of anilines is 2. The summed E-state index contributed by atoms with van der Waals surface area (Å²) < 4.78 is 0. The van der Waals surface area contributed by atoms with Gasteiger partial charge in [-0.25, -0.2) is 5.84 Å². The zero-order valence-electron chi connectivity index (χ0n) is 12.0. The first-order valence-electron chi connectivity index (χ1n) is 7.01. The number of benzene rings is 3. The Morgan fingerprint density at radius 3 is 1.67 bits per heavy atom. The van der Waals surface area contributed by atoms with E-state index in [1.54, 1.807) is 5.01 Å². The van der Waals surface area contributed by atoms with Gasteiger partial charge < -0.3 is 0 Å². The number of nitrogens with zero attached hydrogens (tertiary/aromatic N) is 1. The van der Waals surface area contributed by atoms with Crippen LogP contribution in [-0.2, 0) is 0 Å². The summed E-state index contributed by atoms with van der Waals surface area (Å²) in [6, 6.07) is 26.8. The van der Waals surface area contributed by atoms with E-state index in [0.717, 1.165) is 11.4 Å². The molecule has 0 spiro atoms. The summed E-state index contributed by atoms with van der Waals surface area (Å²) in [5.41, 5.74) is 5.58. The molecule has 21 heavy (non-hydrogen) atoms. The van der Waals surface area contributed by atoms with E-state index in [4.69, 9.17) is 5.84 Å². The predicted octanol–water partition coefficient (Wildman–Crippen LogP) is 4.67. The highest BCUT2D eigenvalue weighted by Gasteiger charge is 2.05. The van der Waals surface area contributed by atoms with Gasteiger partial charge in [0, 0.05) is 0 Å². The van der Waals surface area contributed by atoms with E-state index in [-0.39, 0.29) is 0 Å². The van der Waals surface area contributed by atoms with E-state index in [9.17, 15) is 0 Å². The molecule has 104 valence electrons. The van der Waals surface area contributed by atoms with Crippen molar-refractivity contribution in [2.45, 2.75) is 6.92 Å². The maximum Gasteiger partial charge on any atom is 0.0575 e. The van der Waals surface area contributed by atoms with Gasteiger partial charge >= 0.3 is 0 Å². The van der Waals surface area contributed by atoms with E-state index < -0.39 is 0 Å². The van der Waals surface area contributed by atoms with Crippen LogP contribution in [0.1, 0.15) is 5.56 Å². The first-order chi connectivity index (χ1) is 10.2. The normalized spacial score (nSPS) is 10.4. The van der Waals surface area contributed by atoms with Crippen LogP contribution in [0.4, 0.5) is 11.4 Å². The van der Waals surface area contributed by atoms with E-state index in [2.05, 4.69) is 43.3 Å². The highest BCUT2D eigenvalue weighted by molar-refractivity contribution is 5.69. The van der Waals surface area contributed by atoms with Gasteiger partial charge in [0.1, 0.15) is 0 Å². The summed E-state index contributed by atoms with van der Waals surface area (Å²) in [4.78, 5) is 0. The van der Waals surface area contributed by atoms with Gasteiger partial charge in [-0.15, -0.1) is 0 Å². The van der Waals surface area contributed by atoms with Crippen molar-refractivity contribution >= 4 is 11.4 Å². The lowest BCUT2D eigenvalue weighted by Crippen LogP contribution is -2.24. The van der Waals surface area contributed by atoms with Crippen molar-refractivity contribution in [1.82, 2.24) is 0 Å². The van der Waals surface area contributed by atoms with Gasteiger partial charge in [-0.05, 0) is 42.3 Å². The maximum atomic E-state index is 6.19. The van der Waals surface area contributed by atoms with Crippen LogP contribution in [0.25, 0.3) is 11.1 Å². The molecule has 0 aliphatic heterocycles. The third-order valence-electron chi connectivity index (χ3n) is 3.56. The quantitative estimate of drug-likeness (QED) is 0.555. The van der Waals surface area contributed by atoms with Crippen LogP contribution in [-0.4, -0.2) is 0 Å². The van der Waals surface area contributed by atoms with Crippen LogP contribution in [0.3, 0.4) is 0 Å². The number of rotatable bonds is 3. The average molecular weight is 274 g/mol. The molecule has 2 heteroatoms. The number of aryl methyl sites for hydroxylation is 1. The summed E-state index contributed by atoms with van der Waals surface area (Å²) in [6.45, 7) is 2.07. The Morgan fingerprint density at radius 2 is 1.10 bits per heavy atom. The highest BCUT2D eigenvalue weighted by Crippen LogP contribution is 2.26. The van der Waals surface area contributed by atoms with Crippen molar-refractivity contribution in [3.63, 3.8) is 0 Å². The second-order valence-electron chi connectivity index (χ2n) is 5.12. The van der Waals surface area contributed by atoms with Gasteiger partial charge in [0.25, 0.3) is 0 Å². The molecule has 0 aromatic heterocycles. The lowest BCUT2D eigenvalue weighted by Gasteiger charge is -2.19. The maximum absolute atomic E-state index is 6.19. The Morgan fingerprint density at radius 1 is 0.619 bits per heavy atom. The van der Waals surface area contributed by atoms with Crippen LogP contribution in [0.5, 0.6) is 0 Å². The van der Waals surface area contributed by atoms with E-state index in [0.29, 0.717) is 0 Å². The van der Waals surface area contributed by atoms with Crippen LogP contribution < -0.4 is 10.9 Å². The number of hydrogen-bond donors (Lipinski definition) is 1. The largest absolute Gasteiger partial charge is 0.280 e. The fourth-order valence-electron chi connectivity index (χ4n) is 2.30. The van der Waals surface area contributed by atoms with Gasteiger partial charge in [-0.3, -0.25) is 5.01 Å². The molecule has 0 aliphatic carbocycles. The molecule has 3 aromatic carbocycles. The number of hydrogen-bond acceptors (Lipinski definition) is 2. The molecule has 3 rings (SSSR count). The molecule has 0 bridgehead atoms. The molecule has 0 radical (unpaired) electrons. The Balaban J connectivity index is 1.85. The monoisotopic (exact) mass is 274 g/mol. The Bertz CT molecular complexity index is 701.